The number of hydrogen-bond acceptors (Lipinski definition) is 2. The van der Waals surface area contributed by atoms with Crippen molar-refractivity contribution in [1.82, 2.24) is 4.90 Å². The first-order valence-corrected chi connectivity index (χ1v) is 7.52. The standard InChI is InChI=1S/C17H24F2N2/c1-3-9-21-10-7-15(8-11-21)17(18,19)16-6-4-5-14(12-16)13(2)20/h3-6,12-13,15H,1,7-11,20H2,2H3/t13-/m1/s1. The molecule has 1 aliphatic heterocycles. The second-order valence-corrected chi connectivity index (χ2v) is 5.90. The van der Waals surface area contributed by atoms with E-state index in [2.05, 4.69) is 11.5 Å². The minimum absolute atomic E-state index is 0.0967. The van der Waals surface area contributed by atoms with E-state index in [1.165, 1.54) is 6.07 Å². The molecule has 1 aliphatic rings. The monoisotopic (exact) mass is 294 g/mol. The van der Waals surface area contributed by atoms with E-state index in [4.69, 9.17) is 5.73 Å². The molecule has 1 atom stereocenters. The van der Waals surface area contributed by atoms with Gasteiger partial charge in [-0.3, -0.25) is 4.90 Å². The molecule has 0 saturated carbocycles. The van der Waals surface area contributed by atoms with Crippen molar-refractivity contribution in [3.8, 4) is 0 Å². The van der Waals surface area contributed by atoms with Crippen LogP contribution in [-0.4, -0.2) is 24.5 Å². The molecule has 2 rings (SSSR count). The second kappa shape index (κ2) is 6.67. The number of nitrogens with zero attached hydrogens (tertiary/aromatic N) is 1. The van der Waals surface area contributed by atoms with Gasteiger partial charge in [-0.15, -0.1) is 6.58 Å². The van der Waals surface area contributed by atoms with Gasteiger partial charge in [-0.2, -0.15) is 0 Å². The molecule has 0 radical (unpaired) electrons. The lowest BCUT2D eigenvalue weighted by Crippen LogP contribution is -2.39. The SMILES string of the molecule is C=CCN1CCC(C(F)(F)c2cccc([C@@H](C)N)c2)CC1. The maximum atomic E-state index is 14.7. The van der Waals surface area contributed by atoms with Gasteiger partial charge in [0.25, 0.3) is 5.92 Å². The van der Waals surface area contributed by atoms with Crippen LogP contribution in [0.3, 0.4) is 0 Å². The molecule has 0 spiro atoms. The highest BCUT2D eigenvalue weighted by Crippen LogP contribution is 2.41. The Morgan fingerprint density at radius 3 is 2.67 bits per heavy atom. The summed E-state index contributed by atoms with van der Waals surface area (Å²) in [5.41, 5.74) is 6.65. The van der Waals surface area contributed by atoms with Crippen LogP contribution >= 0.6 is 0 Å². The van der Waals surface area contributed by atoms with Crippen molar-refractivity contribution in [2.75, 3.05) is 19.6 Å². The highest BCUT2D eigenvalue weighted by atomic mass is 19.3. The zero-order valence-corrected chi connectivity index (χ0v) is 12.6. The molecule has 1 aromatic carbocycles. The number of benzene rings is 1. The zero-order chi connectivity index (χ0) is 15.5. The first-order chi connectivity index (χ1) is 9.95. The van der Waals surface area contributed by atoms with Crippen molar-refractivity contribution in [2.24, 2.45) is 11.7 Å². The maximum Gasteiger partial charge on any atom is 0.276 e. The molecule has 1 aromatic rings. The summed E-state index contributed by atoms with van der Waals surface area (Å²) in [6, 6.07) is 6.32. The first kappa shape index (κ1) is 16.1. The van der Waals surface area contributed by atoms with Crippen LogP contribution in [0.2, 0.25) is 0 Å². The zero-order valence-electron chi connectivity index (χ0n) is 12.6. The number of likely N-dealkylation sites (tertiary alicyclic amines) is 1. The van der Waals surface area contributed by atoms with Crippen molar-refractivity contribution >= 4 is 0 Å². The third kappa shape index (κ3) is 3.69. The Hall–Kier alpha value is -1.26. The third-order valence-electron chi connectivity index (χ3n) is 4.28. The van der Waals surface area contributed by atoms with Crippen LogP contribution in [0.15, 0.2) is 36.9 Å². The number of alkyl halides is 2. The van der Waals surface area contributed by atoms with Crippen LogP contribution in [0.1, 0.15) is 36.9 Å². The summed E-state index contributed by atoms with van der Waals surface area (Å²) in [5.74, 6) is -3.38. The fourth-order valence-corrected chi connectivity index (χ4v) is 2.93. The topological polar surface area (TPSA) is 29.3 Å². The van der Waals surface area contributed by atoms with Gasteiger partial charge in [-0.1, -0.05) is 24.3 Å². The van der Waals surface area contributed by atoms with E-state index < -0.39 is 11.8 Å². The summed E-state index contributed by atoms with van der Waals surface area (Å²) < 4.78 is 29.4. The average molecular weight is 294 g/mol. The molecule has 0 amide bonds. The molecule has 0 aromatic heterocycles. The van der Waals surface area contributed by atoms with E-state index in [0.29, 0.717) is 25.9 Å². The molecule has 0 unspecified atom stereocenters. The van der Waals surface area contributed by atoms with Gasteiger partial charge >= 0.3 is 0 Å². The predicted molar refractivity (Wildman–Crippen MR) is 82.3 cm³/mol. The molecule has 116 valence electrons. The summed E-state index contributed by atoms with van der Waals surface area (Å²) in [5, 5.41) is 0. The fraction of sp³-hybridized carbons (Fsp3) is 0.529. The van der Waals surface area contributed by atoms with Crippen molar-refractivity contribution in [3.05, 3.63) is 48.0 Å². The maximum absolute atomic E-state index is 14.7. The van der Waals surface area contributed by atoms with Gasteiger partial charge in [0.2, 0.25) is 0 Å². The molecule has 2 N–H and O–H groups in total. The average Bonchev–Trinajstić information content (AvgIpc) is 2.48. The van der Waals surface area contributed by atoms with Gasteiger partial charge < -0.3 is 5.73 Å². The summed E-state index contributed by atoms with van der Waals surface area (Å²) in [6.45, 7) is 7.70. The third-order valence-corrected chi connectivity index (χ3v) is 4.28. The highest BCUT2D eigenvalue weighted by molar-refractivity contribution is 5.29. The Kier molecular flexibility index (Phi) is 5.12. The molecule has 4 heteroatoms. The van der Waals surface area contributed by atoms with Gasteiger partial charge in [0.15, 0.2) is 0 Å². The Morgan fingerprint density at radius 1 is 1.43 bits per heavy atom. The predicted octanol–water partition coefficient (Wildman–Crippen LogP) is 3.70. The molecule has 1 fully saturated rings. The van der Waals surface area contributed by atoms with E-state index in [-0.39, 0.29) is 11.6 Å². The van der Waals surface area contributed by atoms with Gasteiger partial charge in [0, 0.05) is 24.1 Å². The van der Waals surface area contributed by atoms with Crippen molar-refractivity contribution < 1.29 is 8.78 Å². The van der Waals surface area contributed by atoms with Gasteiger partial charge in [0.05, 0.1) is 0 Å². The lowest BCUT2D eigenvalue weighted by atomic mass is 9.85. The van der Waals surface area contributed by atoms with Gasteiger partial charge in [0.1, 0.15) is 0 Å². The van der Waals surface area contributed by atoms with Gasteiger partial charge in [-0.25, -0.2) is 8.78 Å². The second-order valence-electron chi connectivity index (χ2n) is 5.90. The molecule has 0 aliphatic carbocycles. The number of nitrogens with two attached hydrogens (primary N) is 1. The molecular weight excluding hydrogens is 270 g/mol. The molecular formula is C17H24F2N2. The minimum Gasteiger partial charge on any atom is -0.324 e. The first-order valence-electron chi connectivity index (χ1n) is 7.52. The number of piperidine rings is 1. The fourth-order valence-electron chi connectivity index (χ4n) is 2.93. The number of halogens is 2. The van der Waals surface area contributed by atoms with Crippen molar-refractivity contribution in [1.29, 1.82) is 0 Å². The summed E-state index contributed by atoms with van der Waals surface area (Å²) in [4.78, 5) is 2.16. The van der Waals surface area contributed by atoms with Crippen molar-refractivity contribution in [2.45, 2.75) is 31.7 Å². The van der Waals surface area contributed by atoms with Crippen LogP contribution in [0.4, 0.5) is 8.78 Å². The summed E-state index contributed by atoms with van der Waals surface area (Å²) >= 11 is 0. The normalized spacial score (nSPS) is 19.4. The highest BCUT2D eigenvalue weighted by Gasteiger charge is 2.42. The Morgan fingerprint density at radius 2 is 2.10 bits per heavy atom. The Bertz CT molecular complexity index is 477. The van der Waals surface area contributed by atoms with E-state index in [1.54, 1.807) is 18.2 Å². The lowest BCUT2D eigenvalue weighted by Gasteiger charge is -2.35. The number of rotatable bonds is 5. The van der Waals surface area contributed by atoms with E-state index in [1.807, 2.05) is 13.0 Å². The van der Waals surface area contributed by atoms with Crippen LogP contribution in [0.25, 0.3) is 0 Å². The molecule has 21 heavy (non-hydrogen) atoms. The molecule has 1 heterocycles. The number of hydrogen-bond donors (Lipinski definition) is 1. The van der Waals surface area contributed by atoms with E-state index in [9.17, 15) is 8.78 Å². The Labute approximate surface area is 125 Å². The van der Waals surface area contributed by atoms with Crippen LogP contribution < -0.4 is 5.73 Å². The summed E-state index contributed by atoms with van der Waals surface area (Å²) in [6.07, 6.45) is 2.86. The van der Waals surface area contributed by atoms with E-state index in [0.717, 1.165) is 12.1 Å². The Balaban J connectivity index is 2.11. The smallest absolute Gasteiger partial charge is 0.276 e. The van der Waals surface area contributed by atoms with Crippen molar-refractivity contribution in [3.63, 3.8) is 0 Å². The minimum atomic E-state index is -2.79. The molecule has 1 saturated heterocycles. The van der Waals surface area contributed by atoms with Crippen LogP contribution in [0.5, 0.6) is 0 Å². The van der Waals surface area contributed by atoms with Crippen LogP contribution in [0, 0.1) is 5.92 Å². The molecule has 2 nitrogen and oxygen atoms in total. The van der Waals surface area contributed by atoms with Gasteiger partial charge in [-0.05, 0) is 44.5 Å². The largest absolute Gasteiger partial charge is 0.324 e. The quantitative estimate of drug-likeness (QED) is 0.839. The van der Waals surface area contributed by atoms with E-state index >= 15 is 0 Å². The molecule has 0 bridgehead atoms. The lowest BCUT2D eigenvalue weighted by molar-refractivity contribution is -0.0847. The van der Waals surface area contributed by atoms with Crippen LogP contribution in [-0.2, 0) is 5.92 Å². The summed E-state index contributed by atoms with van der Waals surface area (Å²) in [7, 11) is 0.